The van der Waals surface area contributed by atoms with Crippen LogP contribution in [-0.4, -0.2) is 17.1 Å². The minimum absolute atomic E-state index is 0.243. The molecule has 2 aromatic rings. The summed E-state index contributed by atoms with van der Waals surface area (Å²) in [5.74, 6) is 1.79. The Morgan fingerprint density at radius 2 is 2.11 bits per heavy atom. The Morgan fingerprint density at radius 3 is 2.83 bits per heavy atom. The molecule has 0 fully saturated rings. The molecule has 3 N–H and O–H groups in total. The van der Waals surface area contributed by atoms with Crippen molar-refractivity contribution in [3.63, 3.8) is 0 Å². The zero-order chi connectivity index (χ0) is 13.1. The largest absolute Gasteiger partial charge is 0.497 e. The standard InChI is InChI=1S/C12H13ClN4O/c1-7-15-11(13)10(14)12(16-7)17-8-4-3-5-9(6-8)18-2/h3-6H,14H2,1-2H3,(H,15,16,17). The first-order valence-electron chi connectivity index (χ1n) is 5.31. The Kier molecular flexibility index (Phi) is 3.53. The number of nitrogens with two attached hydrogens (primary N) is 1. The van der Waals surface area contributed by atoms with Gasteiger partial charge in [-0.2, -0.15) is 0 Å². The number of hydrogen-bond donors (Lipinski definition) is 2. The molecule has 5 nitrogen and oxygen atoms in total. The van der Waals surface area contributed by atoms with Crippen molar-refractivity contribution in [2.45, 2.75) is 6.92 Å². The van der Waals surface area contributed by atoms with Crippen molar-refractivity contribution in [2.24, 2.45) is 0 Å². The second kappa shape index (κ2) is 5.10. The monoisotopic (exact) mass is 264 g/mol. The Hall–Kier alpha value is -2.01. The molecule has 1 aromatic carbocycles. The van der Waals surface area contributed by atoms with Gasteiger partial charge in [0.2, 0.25) is 0 Å². The highest BCUT2D eigenvalue weighted by atomic mass is 35.5. The van der Waals surface area contributed by atoms with E-state index >= 15 is 0 Å². The van der Waals surface area contributed by atoms with E-state index in [1.54, 1.807) is 14.0 Å². The van der Waals surface area contributed by atoms with Crippen LogP contribution in [0.4, 0.5) is 17.2 Å². The molecule has 0 bridgehead atoms. The van der Waals surface area contributed by atoms with Gasteiger partial charge in [-0.05, 0) is 19.1 Å². The van der Waals surface area contributed by atoms with Gasteiger partial charge in [0, 0.05) is 11.8 Å². The molecule has 0 spiro atoms. The van der Waals surface area contributed by atoms with Gasteiger partial charge in [-0.25, -0.2) is 9.97 Å². The highest BCUT2D eigenvalue weighted by Gasteiger charge is 2.08. The number of nitrogens with one attached hydrogen (secondary N) is 1. The quantitative estimate of drug-likeness (QED) is 0.834. The summed E-state index contributed by atoms with van der Waals surface area (Å²) < 4.78 is 5.14. The van der Waals surface area contributed by atoms with Crippen molar-refractivity contribution >= 4 is 28.8 Å². The van der Waals surface area contributed by atoms with Crippen molar-refractivity contribution in [1.29, 1.82) is 0 Å². The number of aryl methyl sites for hydroxylation is 1. The molecule has 6 heteroatoms. The van der Waals surface area contributed by atoms with Crippen molar-refractivity contribution in [3.8, 4) is 5.75 Å². The lowest BCUT2D eigenvalue weighted by atomic mass is 10.3. The number of ether oxygens (including phenoxy) is 1. The van der Waals surface area contributed by atoms with E-state index in [9.17, 15) is 0 Å². The Morgan fingerprint density at radius 1 is 1.33 bits per heavy atom. The van der Waals surface area contributed by atoms with Gasteiger partial charge in [-0.3, -0.25) is 0 Å². The lowest BCUT2D eigenvalue weighted by Crippen LogP contribution is -2.03. The fourth-order valence-corrected chi connectivity index (χ4v) is 1.69. The van der Waals surface area contributed by atoms with Crippen molar-refractivity contribution < 1.29 is 4.74 Å². The molecular formula is C12H13ClN4O. The number of halogens is 1. The minimum atomic E-state index is 0.243. The fraction of sp³-hybridized carbons (Fsp3) is 0.167. The first kappa shape index (κ1) is 12.4. The van der Waals surface area contributed by atoms with E-state index < -0.39 is 0 Å². The van der Waals surface area contributed by atoms with Gasteiger partial charge in [-0.15, -0.1) is 0 Å². The van der Waals surface area contributed by atoms with Crippen LogP contribution in [0.15, 0.2) is 24.3 Å². The minimum Gasteiger partial charge on any atom is -0.497 e. The molecule has 0 amide bonds. The maximum absolute atomic E-state index is 5.90. The van der Waals surface area contributed by atoms with Crippen LogP contribution in [0.1, 0.15) is 5.82 Å². The molecule has 2 rings (SSSR count). The van der Waals surface area contributed by atoms with Crippen molar-refractivity contribution in [1.82, 2.24) is 9.97 Å². The third-order valence-corrected chi connectivity index (χ3v) is 2.63. The number of benzene rings is 1. The zero-order valence-corrected chi connectivity index (χ0v) is 10.8. The maximum Gasteiger partial charge on any atom is 0.158 e. The predicted molar refractivity (Wildman–Crippen MR) is 72.5 cm³/mol. The molecule has 0 saturated carbocycles. The highest BCUT2D eigenvalue weighted by molar-refractivity contribution is 6.32. The number of rotatable bonds is 3. The van der Waals surface area contributed by atoms with E-state index in [4.69, 9.17) is 22.1 Å². The Bertz CT molecular complexity index is 574. The third-order valence-electron chi connectivity index (χ3n) is 2.34. The maximum atomic E-state index is 5.90. The van der Waals surface area contributed by atoms with E-state index in [1.165, 1.54) is 0 Å². The first-order chi connectivity index (χ1) is 8.60. The average molecular weight is 265 g/mol. The summed E-state index contributed by atoms with van der Waals surface area (Å²) in [6, 6.07) is 7.44. The molecule has 18 heavy (non-hydrogen) atoms. The summed E-state index contributed by atoms with van der Waals surface area (Å²) in [4.78, 5) is 8.19. The van der Waals surface area contributed by atoms with E-state index in [0.29, 0.717) is 17.3 Å². The number of anilines is 3. The summed E-state index contributed by atoms with van der Waals surface area (Å²) >= 11 is 5.90. The normalized spacial score (nSPS) is 10.2. The fourth-order valence-electron chi connectivity index (χ4n) is 1.48. The molecule has 0 atom stereocenters. The van der Waals surface area contributed by atoms with E-state index in [1.807, 2.05) is 24.3 Å². The van der Waals surface area contributed by atoms with Crippen molar-refractivity contribution in [3.05, 3.63) is 35.2 Å². The molecule has 94 valence electrons. The Labute approximate surface area is 110 Å². The van der Waals surface area contributed by atoms with Gasteiger partial charge in [-0.1, -0.05) is 17.7 Å². The second-order valence-electron chi connectivity index (χ2n) is 3.68. The van der Waals surface area contributed by atoms with Gasteiger partial charge in [0.1, 0.15) is 17.3 Å². The van der Waals surface area contributed by atoms with E-state index in [-0.39, 0.29) is 5.15 Å². The second-order valence-corrected chi connectivity index (χ2v) is 4.04. The third kappa shape index (κ3) is 2.62. The van der Waals surface area contributed by atoms with Crippen LogP contribution >= 0.6 is 11.6 Å². The molecule has 1 heterocycles. The van der Waals surface area contributed by atoms with Gasteiger partial charge in [0.15, 0.2) is 11.0 Å². The predicted octanol–water partition coefficient (Wildman–Crippen LogP) is 2.77. The zero-order valence-electron chi connectivity index (χ0n) is 10.1. The smallest absolute Gasteiger partial charge is 0.158 e. The summed E-state index contributed by atoms with van der Waals surface area (Å²) in [6.07, 6.45) is 0. The van der Waals surface area contributed by atoms with Gasteiger partial charge in [0.25, 0.3) is 0 Å². The van der Waals surface area contributed by atoms with Crippen LogP contribution in [-0.2, 0) is 0 Å². The molecule has 0 aliphatic rings. The topological polar surface area (TPSA) is 73.1 Å². The number of nitrogen functional groups attached to an aromatic ring is 1. The summed E-state index contributed by atoms with van der Waals surface area (Å²) in [7, 11) is 1.61. The van der Waals surface area contributed by atoms with Gasteiger partial charge >= 0.3 is 0 Å². The number of methoxy groups -OCH3 is 1. The molecule has 1 aromatic heterocycles. The lowest BCUT2D eigenvalue weighted by Gasteiger charge is -2.10. The van der Waals surface area contributed by atoms with Gasteiger partial charge < -0.3 is 15.8 Å². The number of nitrogens with zero attached hydrogens (tertiary/aromatic N) is 2. The van der Waals surface area contributed by atoms with Crippen LogP contribution in [0, 0.1) is 6.92 Å². The molecule has 0 saturated heterocycles. The number of aromatic nitrogens is 2. The van der Waals surface area contributed by atoms with E-state index in [0.717, 1.165) is 11.4 Å². The average Bonchev–Trinajstić information content (AvgIpc) is 2.35. The van der Waals surface area contributed by atoms with Crippen LogP contribution in [0.2, 0.25) is 5.15 Å². The van der Waals surface area contributed by atoms with Crippen LogP contribution < -0.4 is 15.8 Å². The molecule has 0 aliphatic heterocycles. The summed E-state index contributed by atoms with van der Waals surface area (Å²) in [5.41, 5.74) is 6.96. The lowest BCUT2D eigenvalue weighted by molar-refractivity contribution is 0.415. The first-order valence-corrected chi connectivity index (χ1v) is 5.68. The highest BCUT2D eigenvalue weighted by Crippen LogP contribution is 2.27. The SMILES string of the molecule is COc1cccc(Nc2nc(C)nc(Cl)c2N)c1. The van der Waals surface area contributed by atoms with Crippen LogP contribution in [0.3, 0.4) is 0 Å². The Balaban J connectivity index is 2.33. The molecule has 0 unspecified atom stereocenters. The number of hydrogen-bond acceptors (Lipinski definition) is 5. The molecule has 0 aliphatic carbocycles. The van der Waals surface area contributed by atoms with Crippen molar-refractivity contribution in [2.75, 3.05) is 18.2 Å². The van der Waals surface area contributed by atoms with Crippen LogP contribution in [0.25, 0.3) is 0 Å². The van der Waals surface area contributed by atoms with E-state index in [2.05, 4.69) is 15.3 Å². The summed E-state index contributed by atoms with van der Waals surface area (Å²) in [6.45, 7) is 1.75. The summed E-state index contributed by atoms with van der Waals surface area (Å²) in [5, 5.41) is 3.33. The molecular weight excluding hydrogens is 252 g/mol. The molecule has 0 radical (unpaired) electrons. The van der Waals surface area contributed by atoms with Crippen LogP contribution in [0.5, 0.6) is 5.75 Å². The van der Waals surface area contributed by atoms with Gasteiger partial charge in [0.05, 0.1) is 7.11 Å².